The van der Waals surface area contributed by atoms with Crippen molar-refractivity contribution < 1.29 is 0 Å². The molecule has 6 nitrogen and oxygen atoms in total. The molecule has 2 heterocycles. The normalized spacial score (nSPS) is 11.8. The Morgan fingerprint density at radius 3 is 2.09 bits per heavy atom. The molecule has 0 atom stereocenters. The molecule has 0 bridgehead atoms. The van der Waals surface area contributed by atoms with Crippen LogP contribution in [0.5, 0.6) is 0 Å². The molecule has 32 heavy (non-hydrogen) atoms. The Labute approximate surface area is 192 Å². The van der Waals surface area contributed by atoms with Gasteiger partial charge in [0.15, 0.2) is 0 Å². The Morgan fingerprint density at radius 2 is 1.44 bits per heavy atom. The summed E-state index contributed by atoms with van der Waals surface area (Å²) in [5.74, 6) is 0. The maximum absolute atomic E-state index is 6.04. The van der Waals surface area contributed by atoms with Gasteiger partial charge in [0.05, 0.1) is 17.1 Å². The summed E-state index contributed by atoms with van der Waals surface area (Å²) in [6, 6.07) is 20.4. The molecule has 0 saturated heterocycles. The zero-order valence-electron chi connectivity index (χ0n) is 18.4. The fourth-order valence-corrected chi connectivity index (χ4v) is 4.02. The summed E-state index contributed by atoms with van der Waals surface area (Å²) in [4.78, 5) is 4.16. The van der Waals surface area contributed by atoms with E-state index in [4.69, 9.17) is 11.6 Å². The van der Waals surface area contributed by atoms with E-state index in [1.165, 1.54) is 0 Å². The SMILES string of the molecule is CN(C)c1ccc(-c2cc(-c3ccc(Cl)cc3)n[nH]2)c(-c2ccc(N(C)C)c3c2N=N3)c1. The summed E-state index contributed by atoms with van der Waals surface area (Å²) in [5, 5.41) is 17.1. The molecule has 0 unspecified atom stereocenters. The van der Waals surface area contributed by atoms with Crippen molar-refractivity contribution in [2.75, 3.05) is 38.0 Å². The zero-order chi connectivity index (χ0) is 22.4. The van der Waals surface area contributed by atoms with Gasteiger partial charge in [0.25, 0.3) is 0 Å². The van der Waals surface area contributed by atoms with E-state index in [0.717, 1.165) is 56.4 Å². The van der Waals surface area contributed by atoms with Crippen LogP contribution in [0.2, 0.25) is 5.02 Å². The van der Waals surface area contributed by atoms with Gasteiger partial charge in [-0.1, -0.05) is 29.8 Å². The molecular formula is C25H23ClN6. The highest BCUT2D eigenvalue weighted by Gasteiger charge is 2.24. The molecule has 0 fully saturated rings. The van der Waals surface area contributed by atoms with Crippen molar-refractivity contribution in [3.63, 3.8) is 0 Å². The van der Waals surface area contributed by atoms with Gasteiger partial charge in [-0.2, -0.15) is 5.10 Å². The van der Waals surface area contributed by atoms with E-state index in [-0.39, 0.29) is 0 Å². The van der Waals surface area contributed by atoms with Crippen LogP contribution < -0.4 is 9.80 Å². The number of nitrogens with zero attached hydrogens (tertiary/aromatic N) is 5. The van der Waals surface area contributed by atoms with Crippen molar-refractivity contribution in [2.24, 2.45) is 10.2 Å². The third-order valence-electron chi connectivity index (χ3n) is 5.68. The number of H-pyrrole nitrogens is 1. The number of aromatic amines is 1. The number of benzene rings is 3. The van der Waals surface area contributed by atoms with Gasteiger partial charge in [-0.25, -0.2) is 0 Å². The number of aromatic nitrogens is 2. The number of halogens is 1. The number of hydrogen-bond donors (Lipinski definition) is 1. The lowest BCUT2D eigenvalue weighted by Gasteiger charge is -2.23. The van der Waals surface area contributed by atoms with Crippen molar-refractivity contribution in [2.45, 2.75) is 0 Å². The van der Waals surface area contributed by atoms with Gasteiger partial charge in [-0.15, -0.1) is 10.2 Å². The van der Waals surface area contributed by atoms with Gasteiger partial charge in [0.2, 0.25) is 0 Å². The number of rotatable bonds is 5. The quantitative estimate of drug-likeness (QED) is 0.321. The van der Waals surface area contributed by atoms with Gasteiger partial charge >= 0.3 is 0 Å². The first-order chi connectivity index (χ1) is 15.4. The average molecular weight is 443 g/mol. The van der Waals surface area contributed by atoms with Gasteiger partial charge < -0.3 is 9.80 Å². The van der Waals surface area contributed by atoms with Crippen molar-refractivity contribution >= 4 is 34.4 Å². The molecule has 160 valence electrons. The topological polar surface area (TPSA) is 59.9 Å². The van der Waals surface area contributed by atoms with Crippen molar-refractivity contribution in [3.8, 4) is 33.6 Å². The molecule has 0 aliphatic carbocycles. The highest BCUT2D eigenvalue weighted by Crippen LogP contribution is 2.52. The number of azo groups is 1. The monoisotopic (exact) mass is 442 g/mol. The Bertz CT molecular complexity index is 1340. The molecule has 1 aromatic heterocycles. The lowest BCUT2D eigenvalue weighted by Crippen LogP contribution is -2.10. The molecule has 1 aliphatic heterocycles. The van der Waals surface area contributed by atoms with Crippen molar-refractivity contribution in [3.05, 3.63) is 65.7 Å². The second-order valence-corrected chi connectivity index (χ2v) is 8.66. The smallest absolute Gasteiger partial charge is 0.137 e. The molecule has 3 aromatic carbocycles. The predicted molar refractivity (Wildman–Crippen MR) is 133 cm³/mol. The van der Waals surface area contributed by atoms with E-state index < -0.39 is 0 Å². The maximum atomic E-state index is 6.04. The molecule has 7 heteroatoms. The third-order valence-corrected chi connectivity index (χ3v) is 5.93. The lowest BCUT2D eigenvalue weighted by atomic mass is 9.93. The minimum Gasteiger partial charge on any atom is -0.378 e. The summed E-state index contributed by atoms with van der Waals surface area (Å²) in [6.07, 6.45) is 0. The highest BCUT2D eigenvalue weighted by molar-refractivity contribution is 6.30. The van der Waals surface area contributed by atoms with Crippen LogP contribution in [0.15, 0.2) is 70.9 Å². The van der Waals surface area contributed by atoms with Gasteiger partial charge in [-0.05, 0) is 48.0 Å². The second kappa shape index (κ2) is 7.80. The minimum atomic E-state index is 0.708. The summed E-state index contributed by atoms with van der Waals surface area (Å²) in [7, 11) is 8.12. The van der Waals surface area contributed by atoms with E-state index >= 15 is 0 Å². The molecule has 4 aromatic rings. The zero-order valence-corrected chi connectivity index (χ0v) is 19.1. The number of anilines is 2. The van der Waals surface area contributed by atoms with Crippen molar-refractivity contribution in [1.82, 2.24) is 10.2 Å². The van der Waals surface area contributed by atoms with E-state index in [9.17, 15) is 0 Å². The first-order valence-electron chi connectivity index (χ1n) is 10.3. The largest absolute Gasteiger partial charge is 0.378 e. The third kappa shape index (κ3) is 3.42. The molecule has 1 aliphatic rings. The minimum absolute atomic E-state index is 0.708. The van der Waals surface area contributed by atoms with Crippen LogP contribution in [0.3, 0.4) is 0 Å². The molecule has 1 N–H and O–H groups in total. The highest BCUT2D eigenvalue weighted by atomic mass is 35.5. The molecule has 0 radical (unpaired) electrons. The molecule has 0 saturated carbocycles. The summed E-state index contributed by atoms with van der Waals surface area (Å²) < 4.78 is 0. The second-order valence-electron chi connectivity index (χ2n) is 8.22. The fourth-order valence-electron chi connectivity index (χ4n) is 3.90. The van der Waals surface area contributed by atoms with E-state index in [0.29, 0.717) is 5.02 Å². The van der Waals surface area contributed by atoms with Gasteiger partial charge in [0.1, 0.15) is 11.4 Å². The van der Waals surface area contributed by atoms with Crippen LogP contribution in [0.4, 0.5) is 22.7 Å². The molecule has 0 amide bonds. The van der Waals surface area contributed by atoms with Crippen LogP contribution in [0.25, 0.3) is 33.6 Å². The van der Waals surface area contributed by atoms with E-state index in [2.05, 4.69) is 66.6 Å². The standard InChI is InChI=1S/C25H23ClN6/c1-31(2)17-9-10-18(22-14-21(27-28-22)15-5-7-16(26)8-6-15)20(13-17)19-11-12-23(32(3)4)25-24(19)29-30-25/h5-14H,1-4H3,(H,27,28). The predicted octanol–water partition coefficient (Wildman–Crippen LogP) is 6.92. The number of nitrogens with one attached hydrogen (secondary N) is 1. The van der Waals surface area contributed by atoms with E-state index in [1.54, 1.807) is 0 Å². The Morgan fingerprint density at radius 1 is 0.719 bits per heavy atom. The molecular weight excluding hydrogens is 420 g/mol. The van der Waals surface area contributed by atoms with Crippen molar-refractivity contribution in [1.29, 1.82) is 0 Å². The van der Waals surface area contributed by atoms with E-state index in [1.807, 2.05) is 52.5 Å². The fraction of sp³-hybridized carbons (Fsp3) is 0.160. The summed E-state index contributed by atoms with van der Waals surface area (Å²) >= 11 is 6.04. The maximum Gasteiger partial charge on any atom is 0.137 e. The van der Waals surface area contributed by atoms with Crippen LogP contribution in [0, 0.1) is 0 Å². The van der Waals surface area contributed by atoms with Gasteiger partial charge in [0, 0.05) is 55.6 Å². The first-order valence-corrected chi connectivity index (χ1v) is 10.7. The van der Waals surface area contributed by atoms with Crippen LogP contribution in [0.1, 0.15) is 0 Å². The first kappa shape index (κ1) is 20.3. The lowest BCUT2D eigenvalue weighted by molar-refractivity contribution is 1.07. The number of hydrogen-bond acceptors (Lipinski definition) is 5. The summed E-state index contributed by atoms with van der Waals surface area (Å²) in [5.41, 5.74) is 10.1. The summed E-state index contributed by atoms with van der Waals surface area (Å²) in [6.45, 7) is 0. The Balaban J connectivity index is 1.64. The molecule has 5 rings (SSSR count). The average Bonchev–Trinajstić information content (AvgIpc) is 3.24. The van der Waals surface area contributed by atoms with Crippen LogP contribution in [-0.2, 0) is 0 Å². The Hall–Kier alpha value is -3.64. The Kier molecular flexibility index (Phi) is 4.94. The van der Waals surface area contributed by atoms with Crippen LogP contribution in [-0.4, -0.2) is 38.4 Å². The van der Waals surface area contributed by atoms with Crippen LogP contribution >= 0.6 is 11.6 Å². The number of fused-ring (bicyclic) bond motifs is 1. The molecule has 0 spiro atoms. The van der Waals surface area contributed by atoms with Gasteiger partial charge in [-0.3, -0.25) is 5.10 Å².